The summed E-state index contributed by atoms with van der Waals surface area (Å²) in [6.07, 6.45) is 1.42. The average Bonchev–Trinajstić information content (AvgIpc) is 2.70. The molecule has 4 rings (SSSR count). The summed E-state index contributed by atoms with van der Waals surface area (Å²) < 4.78 is 5.77. The van der Waals surface area contributed by atoms with Gasteiger partial charge in [0.1, 0.15) is 12.4 Å². The van der Waals surface area contributed by atoms with Crippen molar-refractivity contribution < 1.29 is 4.74 Å². The van der Waals surface area contributed by atoms with Crippen molar-refractivity contribution in [3.05, 3.63) is 93.1 Å². The lowest BCUT2D eigenvalue weighted by Crippen LogP contribution is -2.19. The topological polar surface area (TPSA) is 87.8 Å². The van der Waals surface area contributed by atoms with Gasteiger partial charge in [-0.25, -0.2) is 0 Å². The van der Waals surface area contributed by atoms with Gasteiger partial charge in [-0.1, -0.05) is 30.3 Å². The number of fused-ring (bicyclic) bond motifs is 1. The lowest BCUT2D eigenvalue weighted by Gasteiger charge is -2.07. The third kappa shape index (κ3) is 3.12. The number of aromatic amines is 2. The molecule has 0 fully saturated rings. The van der Waals surface area contributed by atoms with Gasteiger partial charge in [-0.3, -0.25) is 24.8 Å². The lowest BCUT2D eigenvalue weighted by atomic mass is 10.1. The van der Waals surface area contributed by atoms with E-state index >= 15 is 0 Å². The zero-order valence-corrected chi connectivity index (χ0v) is 13.7. The van der Waals surface area contributed by atoms with Gasteiger partial charge in [-0.05, 0) is 35.9 Å². The molecule has 128 valence electrons. The fourth-order valence-electron chi connectivity index (χ4n) is 2.69. The molecule has 0 aliphatic rings. The SMILES string of the molecule is O=c1[nH][nH]c(=O)c2cc(-c3ccc(OCc4ccccc4)cc3)ncc12. The van der Waals surface area contributed by atoms with Gasteiger partial charge in [0.15, 0.2) is 0 Å². The second-order valence-electron chi connectivity index (χ2n) is 5.82. The Morgan fingerprint density at radius 3 is 2.27 bits per heavy atom. The normalized spacial score (nSPS) is 10.8. The van der Waals surface area contributed by atoms with Gasteiger partial charge >= 0.3 is 0 Å². The molecule has 2 aromatic heterocycles. The number of ether oxygens (including phenoxy) is 1. The molecule has 0 saturated heterocycles. The van der Waals surface area contributed by atoms with Crippen molar-refractivity contribution in [1.82, 2.24) is 15.2 Å². The minimum Gasteiger partial charge on any atom is -0.489 e. The fraction of sp³-hybridized carbons (Fsp3) is 0.0500. The van der Waals surface area contributed by atoms with Crippen LogP contribution in [0.15, 0.2) is 76.4 Å². The van der Waals surface area contributed by atoms with Crippen LogP contribution in [0.25, 0.3) is 22.0 Å². The number of H-pyrrole nitrogens is 2. The summed E-state index contributed by atoms with van der Waals surface area (Å²) >= 11 is 0. The Bertz CT molecular complexity index is 1160. The number of hydrogen-bond acceptors (Lipinski definition) is 4. The van der Waals surface area contributed by atoms with E-state index in [1.54, 1.807) is 6.07 Å². The molecule has 0 radical (unpaired) electrons. The maximum absolute atomic E-state index is 11.9. The van der Waals surface area contributed by atoms with Crippen molar-refractivity contribution in [2.24, 2.45) is 0 Å². The molecular formula is C20H15N3O3. The minimum absolute atomic E-state index is 0.264. The summed E-state index contributed by atoms with van der Waals surface area (Å²) in [5.41, 5.74) is 1.81. The largest absolute Gasteiger partial charge is 0.489 e. The molecular weight excluding hydrogens is 330 g/mol. The number of hydrogen-bond donors (Lipinski definition) is 2. The van der Waals surface area contributed by atoms with Crippen molar-refractivity contribution in [2.75, 3.05) is 0 Å². The van der Waals surface area contributed by atoms with E-state index in [1.807, 2.05) is 54.6 Å². The van der Waals surface area contributed by atoms with Gasteiger partial charge in [-0.2, -0.15) is 0 Å². The first kappa shape index (κ1) is 15.8. The maximum atomic E-state index is 11.9. The second-order valence-corrected chi connectivity index (χ2v) is 5.82. The number of rotatable bonds is 4. The Morgan fingerprint density at radius 1 is 0.846 bits per heavy atom. The van der Waals surface area contributed by atoms with Gasteiger partial charge in [0.05, 0.1) is 16.5 Å². The summed E-state index contributed by atoms with van der Waals surface area (Å²) in [7, 11) is 0. The molecule has 26 heavy (non-hydrogen) atoms. The van der Waals surface area contributed by atoms with Crippen molar-refractivity contribution in [1.29, 1.82) is 0 Å². The van der Waals surface area contributed by atoms with Crippen molar-refractivity contribution >= 4 is 10.8 Å². The summed E-state index contributed by atoms with van der Waals surface area (Å²) in [5, 5.41) is 5.18. The molecule has 0 atom stereocenters. The quantitative estimate of drug-likeness (QED) is 0.595. The predicted octanol–water partition coefficient (Wildman–Crippen LogP) is 2.86. The summed E-state index contributed by atoms with van der Waals surface area (Å²) in [4.78, 5) is 27.9. The van der Waals surface area contributed by atoms with E-state index in [1.165, 1.54) is 6.20 Å². The van der Waals surface area contributed by atoms with Crippen LogP contribution in [-0.2, 0) is 6.61 Å². The minimum atomic E-state index is -0.372. The highest BCUT2D eigenvalue weighted by Crippen LogP contribution is 2.22. The van der Waals surface area contributed by atoms with Crippen LogP contribution in [0, 0.1) is 0 Å². The van der Waals surface area contributed by atoms with Gasteiger partial charge in [0, 0.05) is 11.8 Å². The molecule has 0 bridgehead atoms. The van der Waals surface area contributed by atoms with Crippen LogP contribution in [-0.4, -0.2) is 15.2 Å². The molecule has 0 saturated carbocycles. The molecule has 6 heteroatoms. The first-order chi connectivity index (χ1) is 12.7. The molecule has 0 amide bonds. The molecule has 0 spiro atoms. The number of nitrogens with zero attached hydrogens (tertiary/aromatic N) is 1. The Balaban J connectivity index is 1.59. The van der Waals surface area contributed by atoms with E-state index < -0.39 is 0 Å². The van der Waals surface area contributed by atoms with E-state index in [9.17, 15) is 9.59 Å². The van der Waals surface area contributed by atoms with Crippen LogP contribution >= 0.6 is 0 Å². The Morgan fingerprint density at radius 2 is 1.54 bits per heavy atom. The van der Waals surface area contributed by atoms with Gasteiger partial charge < -0.3 is 4.74 Å². The fourth-order valence-corrected chi connectivity index (χ4v) is 2.69. The van der Waals surface area contributed by atoms with Crippen LogP contribution in [0.2, 0.25) is 0 Å². The summed E-state index contributed by atoms with van der Waals surface area (Å²) in [5.74, 6) is 0.743. The third-order valence-electron chi connectivity index (χ3n) is 4.08. The van der Waals surface area contributed by atoms with E-state index in [2.05, 4.69) is 15.2 Å². The molecule has 6 nitrogen and oxygen atoms in total. The Kier molecular flexibility index (Phi) is 4.07. The van der Waals surface area contributed by atoms with Crippen molar-refractivity contribution in [2.45, 2.75) is 6.61 Å². The smallest absolute Gasteiger partial charge is 0.272 e. The maximum Gasteiger partial charge on any atom is 0.272 e. The van der Waals surface area contributed by atoms with E-state index in [0.717, 1.165) is 16.9 Å². The molecule has 2 aromatic carbocycles. The van der Waals surface area contributed by atoms with Crippen LogP contribution < -0.4 is 15.9 Å². The first-order valence-corrected chi connectivity index (χ1v) is 8.08. The Hall–Kier alpha value is -3.67. The number of aromatic nitrogens is 3. The molecule has 4 aromatic rings. The molecule has 2 N–H and O–H groups in total. The van der Waals surface area contributed by atoms with Crippen LogP contribution in [0.1, 0.15) is 5.56 Å². The van der Waals surface area contributed by atoms with Crippen molar-refractivity contribution in [3.63, 3.8) is 0 Å². The average molecular weight is 345 g/mol. The zero-order valence-electron chi connectivity index (χ0n) is 13.7. The standard InChI is InChI=1S/C20H15N3O3/c24-19-16-10-18(21-11-17(16)20(25)23-22-19)14-6-8-15(9-7-14)26-12-13-4-2-1-3-5-13/h1-11H,12H2,(H,22,24)(H,23,25). The van der Waals surface area contributed by atoms with Gasteiger partial charge in [0.25, 0.3) is 11.1 Å². The van der Waals surface area contributed by atoms with E-state index in [4.69, 9.17) is 4.74 Å². The van der Waals surface area contributed by atoms with Crippen molar-refractivity contribution in [3.8, 4) is 17.0 Å². The molecule has 0 unspecified atom stereocenters. The first-order valence-electron chi connectivity index (χ1n) is 8.08. The van der Waals surface area contributed by atoms with E-state index in [-0.39, 0.29) is 16.5 Å². The number of nitrogens with one attached hydrogen (secondary N) is 2. The summed E-state index contributed by atoms with van der Waals surface area (Å²) in [6, 6.07) is 19.0. The second kappa shape index (κ2) is 6.68. The predicted molar refractivity (Wildman–Crippen MR) is 99.2 cm³/mol. The Labute approximate surface area is 148 Å². The highest BCUT2D eigenvalue weighted by Gasteiger charge is 2.07. The molecule has 0 aliphatic heterocycles. The lowest BCUT2D eigenvalue weighted by molar-refractivity contribution is 0.306. The van der Waals surface area contributed by atoms with Gasteiger partial charge in [0.2, 0.25) is 0 Å². The monoisotopic (exact) mass is 345 g/mol. The van der Waals surface area contributed by atoms with Crippen LogP contribution in [0.4, 0.5) is 0 Å². The van der Waals surface area contributed by atoms with E-state index in [0.29, 0.717) is 17.7 Å². The van der Waals surface area contributed by atoms with Gasteiger partial charge in [-0.15, -0.1) is 0 Å². The van der Waals surface area contributed by atoms with Crippen LogP contribution in [0.5, 0.6) is 5.75 Å². The highest BCUT2D eigenvalue weighted by atomic mass is 16.5. The third-order valence-corrected chi connectivity index (χ3v) is 4.08. The molecule has 2 heterocycles. The highest BCUT2D eigenvalue weighted by molar-refractivity contribution is 5.83. The summed E-state index contributed by atoms with van der Waals surface area (Å²) in [6.45, 7) is 0.493. The van der Waals surface area contributed by atoms with Crippen LogP contribution in [0.3, 0.4) is 0 Å². The number of benzene rings is 2. The number of pyridine rings is 1. The zero-order chi connectivity index (χ0) is 17.9. The molecule has 0 aliphatic carbocycles.